The number of urea groups is 1. The molecule has 1 aliphatic rings. The highest BCUT2D eigenvalue weighted by molar-refractivity contribution is 5.73. The summed E-state index contributed by atoms with van der Waals surface area (Å²) in [6, 6.07) is -0.0646. The highest BCUT2D eigenvalue weighted by Gasteiger charge is 2.31. The van der Waals surface area contributed by atoms with E-state index in [1.54, 1.807) is 0 Å². The van der Waals surface area contributed by atoms with Crippen LogP contribution in [0.25, 0.3) is 0 Å². The van der Waals surface area contributed by atoms with Crippen LogP contribution in [0.1, 0.15) is 57.6 Å². The number of aromatic nitrogens is 3. The molecule has 6 nitrogen and oxygen atoms in total. The summed E-state index contributed by atoms with van der Waals surface area (Å²) < 4.78 is 1.99. The monoisotopic (exact) mass is 321 g/mol. The molecule has 23 heavy (non-hydrogen) atoms. The number of nitrogens with one attached hydrogen (secondary N) is 2. The van der Waals surface area contributed by atoms with E-state index >= 15 is 0 Å². The lowest BCUT2D eigenvalue weighted by atomic mass is 9.78. The first-order chi connectivity index (χ1) is 10.9. The van der Waals surface area contributed by atoms with Crippen LogP contribution >= 0.6 is 0 Å². The van der Waals surface area contributed by atoms with Crippen molar-refractivity contribution in [3.8, 4) is 0 Å². The molecule has 1 aromatic heterocycles. The molecule has 1 aromatic rings. The molecule has 0 spiro atoms. The van der Waals surface area contributed by atoms with Gasteiger partial charge >= 0.3 is 6.03 Å². The van der Waals surface area contributed by atoms with Gasteiger partial charge in [-0.25, -0.2) is 4.79 Å². The van der Waals surface area contributed by atoms with Crippen molar-refractivity contribution in [1.82, 2.24) is 25.4 Å². The van der Waals surface area contributed by atoms with Crippen LogP contribution in [0, 0.1) is 18.3 Å². The Labute approximate surface area is 139 Å². The summed E-state index contributed by atoms with van der Waals surface area (Å²) in [5, 5.41) is 14.1. The van der Waals surface area contributed by atoms with E-state index in [0.29, 0.717) is 6.54 Å². The zero-order valence-electron chi connectivity index (χ0n) is 15.0. The van der Waals surface area contributed by atoms with Crippen LogP contribution in [-0.2, 0) is 13.5 Å². The summed E-state index contributed by atoms with van der Waals surface area (Å²) in [6.45, 7) is 7.86. The summed E-state index contributed by atoms with van der Waals surface area (Å²) in [5.74, 6) is 2.62. The van der Waals surface area contributed by atoms with Gasteiger partial charge in [-0.2, -0.15) is 0 Å². The molecule has 0 unspecified atom stereocenters. The fraction of sp³-hybridized carbons (Fsp3) is 0.824. The lowest BCUT2D eigenvalue weighted by molar-refractivity contribution is 0.199. The van der Waals surface area contributed by atoms with Crippen molar-refractivity contribution in [2.75, 3.05) is 13.1 Å². The fourth-order valence-corrected chi connectivity index (χ4v) is 3.34. The Morgan fingerprint density at radius 3 is 2.57 bits per heavy atom. The standard InChI is InChI=1S/C17H31N5O/c1-13-20-21-15(22(13)4)10-7-11-18-16(23)19-12-17(2,3)14-8-5-6-9-14/h14H,5-12H2,1-4H3,(H2,18,19,23). The molecule has 130 valence electrons. The molecular weight excluding hydrogens is 290 g/mol. The van der Waals surface area contributed by atoms with Gasteiger partial charge in [0, 0.05) is 26.6 Å². The molecule has 0 aromatic carbocycles. The normalized spacial score (nSPS) is 15.8. The van der Waals surface area contributed by atoms with E-state index in [4.69, 9.17) is 0 Å². The van der Waals surface area contributed by atoms with Crippen LogP contribution in [0.2, 0.25) is 0 Å². The van der Waals surface area contributed by atoms with Crippen molar-refractivity contribution >= 4 is 6.03 Å². The van der Waals surface area contributed by atoms with Gasteiger partial charge in [-0.05, 0) is 37.5 Å². The average molecular weight is 321 g/mol. The van der Waals surface area contributed by atoms with Crippen LogP contribution < -0.4 is 10.6 Å². The Morgan fingerprint density at radius 2 is 1.96 bits per heavy atom. The molecule has 2 N–H and O–H groups in total. The van der Waals surface area contributed by atoms with Gasteiger partial charge in [0.25, 0.3) is 0 Å². The number of hydrogen-bond acceptors (Lipinski definition) is 3. The van der Waals surface area contributed by atoms with Crippen LogP contribution in [-0.4, -0.2) is 33.9 Å². The third kappa shape index (κ3) is 4.94. The van der Waals surface area contributed by atoms with Crippen molar-refractivity contribution in [2.24, 2.45) is 18.4 Å². The summed E-state index contributed by atoms with van der Waals surface area (Å²) in [4.78, 5) is 11.9. The van der Waals surface area contributed by atoms with E-state index in [1.165, 1.54) is 25.7 Å². The smallest absolute Gasteiger partial charge is 0.314 e. The summed E-state index contributed by atoms with van der Waals surface area (Å²) in [5.41, 5.74) is 0.185. The Balaban J connectivity index is 1.62. The fourth-order valence-electron chi connectivity index (χ4n) is 3.34. The number of hydrogen-bond donors (Lipinski definition) is 2. The first-order valence-electron chi connectivity index (χ1n) is 8.77. The van der Waals surface area contributed by atoms with Gasteiger partial charge in [-0.1, -0.05) is 26.7 Å². The number of nitrogens with zero attached hydrogens (tertiary/aromatic N) is 3. The number of amides is 2. The molecule has 0 bridgehead atoms. The van der Waals surface area contributed by atoms with E-state index in [1.807, 2.05) is 18.5 Å². The minimum absolute atomic E-state index is 0.0646. The van der Waals surface area contributed by atoms with Crippen molar-refractivity contribution in [1.29, 1.82) is 0 Å². The molecule has 6 heteroatoms. The van der Waals surface area contributed by atoms with Crippen molar-refractivity contribution in [3.05, 3.63) is 11.6 Å². The van der Waals surface area contributed by atoms with Gasteiger partial charge in [0.05, 0.1) is 0 Å². The maximum Gasteiger partial charge on any atom is 0.314 e. The first kappa shape index (κ1) is 17.8. The minimum Gasteiger partial charge on any atom is -0.338 e. The second kappa shape index (κ2) is 7.79. The highest BCUT2D eigenvalue weighted by atomic mass is 16.2. The average Bonchev–Trinajstić information content (AvgIpc) is 3.15. The molecule has 0 atom stereocenters. The zero-order chi connectivity index (χ0) is 16.9. The van der Waals surface area contributed by atoms with Crippen LogP contribution in [0.15, 0.2) is 0 Å². The van der Waals surface area contributed by atoms with Crippen LogP contribution in [0.3, 0.4) is 0 Å². The van der Waals surface area contributed by atoms with Gasteiger partial charge < -0.3 is 15.2 Å². The quantitative estimate of drug-likeness (QED) is 0.758. The van der Waals surface area contributed by atoms with Crippen LogP contribution in [0.5, 0.6) is 0 Å². The molecule has 0 radical (unpaired) electrons. The molecule has 2 amide bonds. The summed E-state index contributed by atoms with van der Waals surface area (Å²) in [7, 11) is 1.97. The third-order valence-corrected chi connectivity index (χ3v) is 5.21. The van der Waals surface area contributed by atoms with E-state index < -0.39 is 0 Å². The largest absolute Gasteiger partial charge is 0.338 e. The minimum atomic E-state index is -0.0646. The topological polar surface area (TPSA) is 71.8 Å². The predicted molar refractivity (Wildman–Crippen MR) is 91.2 cm³/mol. The Bertz CT molecular complexity index is 517. The van der Waals surface area contributed by atoms with E-state index in [2.05, 4.69) is 34.7 Å². The van der Waals surface area contributed by atoms with Gasteiger partial charge in [0.1, 0.15) is 11.6 Å². The number of aryl methyl sites for hydroxylation is 2. The van der Waals surface area contributed by atoms with Gasteiger partial charge in [0.15, 0.2) is 0 Å². The molecule has 2 rings (SSSR count). The van der Waals surface area contributed by atoms with Crippen molar-refractivity contribution in [2.45, 2.75) is 59.3 Å². The van der Waals surface area contributed by atoms with Gasteiger partial charge in [-0.3, -0.25) is 0 Å². The van der Waals surface area contributed by atoms with E-state index in [-0.39, 0.29) is 11.4 Å². The van der Waals surface area contributed by atoms with Crippen molar-refractivity contribution < 1.29 is 4.79 Å². The maximum absolute atomic E-state index is 11.9. The Hall–Kier alpha value is -1.59. The lowest BCUT2D eigenvalue weighted by Gasteiger charge is -2.31. The number of carbonyl (C=O) groups is 1. The third-order valence-electron chi connectivity index (χ3n) is 5.21. The first-order valence-corrected chi connectivity index (χ1v) is 8.77. The summed E-state index contributed by atoms with van der Waals surface area (Å²) in [6.07, 6.45) is 6.96. The molecule has 1 fully saturated rings. The Morgan fingerprint density at radius 1 is 1.26 bits per heavy atom. The lowest BCUT2D eigenvalue weighted by Crippen LogP contribution is -2.43. The van der Waals surface area contributed by atoms with Crippen molar-refractivity contribution in [3.63, 3.8) is 0 Å². The molecule has 0 saturated heterocycles. The molecule has 1 aliphatic carbocycles. The molecular formula is C17H31N5O. The second-order valence-electron chi connectivity index (χ2n) is 7.41. The Kier molecular flexibility index (Phi) is 6.02. The number of rotatable bonds is 7. The SMILES string of the molecule is Cc1nnc(CCCNC(=O)NCC(C)(C)C2CCCC2)n1C. The van der Waals surface area contributed by atoms with Gasteiger partial charge in [-0.15, -0.1) is 10.2 Å². The molecule has 1 heterocycles. The molecule has 0 aliphatic heterocycles. The summed E-state index contributed by atoms with van der Waals surface area (Å²) >= 11 is 0. The maximum atomic E-state index is 11.9. The van der Waals surface area contributed by atoms with E-state index in [0.717, 1.165) is 37.0 Å². The zero-order valence-corrected chi connectivity index (χ0v) is 15.0. The predicted octanol–water partition coefficient (Wildman–Crippen LogP) is 2.57. The van der Waals surface area contributed by atoms with Crippen LogP contribution in [0.4, 0.5) is 4.79 Å². The van der Waals surface area contributed by atoms with E-state index in [9.17, 15) is 4.79 Å². The second-order valence-corrected chi connectivity index (χ2v) is 7.41. The highest BCUT2D eigenvalue weighted by Crippen LogP contribution is 2.38. The van der Waals surface area contributed by atoms with Gasteiger partial charge in [0.2, 0.25) is 0 Å². The number of carbonyl (C=O) groups excluding carboxylic acids is 1. The molecule has 1 saturated carbocycles.